The lowest BCUT2D eigenvalue weighted by Gasteiger charge is -2.70. The third-order valence-electron chi connectivity index (χ3n) is 15.7. The molecular weight excluding hydrogens is 630 g/mol. The van der Waals surface area contributed by atoms with E-state index in [-0.39, 0.29) is 23.7 Å². The highest BCUT2D eigenvalue weighted by atomic mass is 31.2. The van der Waals surface area contributed by atoms with E-state index in [9.17, 15) is 19.6 Å². The van der Waals surface area contributed by atoms with Gasteiger partial charge in [-0.15, -0.1) is 0 Å². The molecule has 4 rings (SSSR count). The highest BCUT2D eigenvalue weighted by Crippen LogP contribution is 2.79. The second kappa shape index (κ2) is 16.8. The zero-order valence-electron chi connectivity index (χ0n) is 33.4. The molecular formula is C42H80O4P2. The summed E-state index contributed by atoms with van der Waals surface area (Å²) in [6, 6.07) is 0. The lowest BCUT2D eigenvalue weighted by atomic mass is 9.45. The minimum Gasteiger partial charge on any atom is -0.350 e. The molecule has 0 spiro atoms. The van der Waals surface area contributed by atoms with Crippen molar-refractivity contribution in [3.8, 4) is 0 Å². The molecule has 0 bridgehead atoms. The average Bonchev–Trinajstić information content (AvgIpc) is 2.98. The van der Waals surface area contributed by atoms with Crippen LogP contribution in [0.1, 0.15) is 160 Å². The molecule has 0 amide bonds. The maximum absolute atomic E-state index is 13.0. The van der Waals surface area contributed by atoms with Crippen LogP contribution < -0.4 is 0 Å². The van der Waals surface area contributed by atoms with Crippen molar-refractivity contribution < 1.29 is 19.6 Å². The quantitative estimate of drug-likeness (QED) is 0.161. The van der Waals surface area contributed by atoms with E-state index in [1.54, 1.807) is 0 Å². The smallest absolute Gasteiger partial charge is 0.173 e. The number of hydrogen-bond acceptors (Lipinski definition) is 4. The Morgan fingerprint density at radius 1 is 0.375 bits per heavy atom. The molecule has 0 heterocycles. The summed E-state index contributed by atoms with van der Waals surface area (Å²) in [5.41, 5.74) is 0. The van der Waals surface area contributed by atoms with Crippen LogP contribution in [0.5, 0.6) is 0 Å². The summed E-state index contributed by atoms with van der Waals surface area (Å²) in [6.45, 7) is 28.6. The Hall–Kier alpha value is 0.700. The van der Waals surface area contributed by atoms with Crippen molar-refractivity contribution in [1.82, 2.24) is 0 Å². The van der Waals surface area contributed by atoms with Crippen molar-refractivity contribution >= 4 is 16.8 Å². The SMILES string of the molecule is CC1CCC(C(C)C)C(C(C2CC(C)CCC2C(C)C)(P(O)O)C(C2CC(C)CCC2C(C)C)(C2CC(C)CCC2C(C)C)P(O)O)C1. The predicted octanol–water partition coefficient (Wildman–Crippen LogP) is 11.9. The zero-order valence-corrected chi connectivity index (χ0v) is 35.2. The molecule has 12 atom stereocenters. The average molecular weight is 711 g/mol. The Kier molecular flexibility index (Phi) is 14.5. The van der Waals surface area contributed by atoms with Crippen molar-refractivity contribution in [3.05, 3.63) is 0 Å². The molecule has 0 aromatic rings. The Labute approximate surface area is 300 Å². The van der Waals surface area contributed by atoms with Gasteiger partial charge in [0.05, 0.1) is 10.3 Å². The van der Waals surface area contributed by atoms with E-state index in [0.717, 1.165) is 51.4 Å². The van der Waals surface area contributed by atoms with Gasteiger partial charge in [0.15, 0.2) is 16.8 Å². The molecule has 4 fully saturated rings. The lowest BCUT2D eigenvalue weighted by Crippen LogP contribution is -2.73. The van der Waals surface area contributed by atoms with Gasteiger partial charge in [0.2, 0.25) is 0 Å². The Balaban J connectivity index is 2.26. The summed E-state index contributed by atoms with van der Waals surface area (Å²) < 4.78 is 0. The van der Waals surface area contributed by atoms with Gasteiger partial charge in [-0.05, 0) is 146 Å². The predicted molar refractivity (Wildman–Crippen MR) is 208 cm³/mol. The molecule has 6 heteroatoms. The molecule has 4 nitrogen and oxygen atoms in total. The molecule has 4 N–H and O–H groups in total. The maximum Gasteiger partial charge on any atom is 0.173 e. The number of hydrogen-bond donors (Lipinski definition) is 4. The van der Waals surface area contributed by atoms with Crippen LogP contribution in [0.3, 0.4) is 0 Å². The number of rotatable bonds is 11. The maximum atomic E-state index is 13.0. The molecule has 12 unspecified atom stereocenters. The van der Waals surface area contributed by atoms with Crippen molar-refractivity contribution in [1.29, 1.82) is 0 Å². The van der Waals surface area contributed by atoms with E-state index in [1.165, 1.54) is 25.7 Å². The van der Waals surface area contributed by atoms with Gasteiger partial charge in [-0.3, -0.25) is 0 Å². The van der Waals surface area contributed by atoms with Crippen LogP contribution in [0.15, 0.2) is 0 Å². The van der Waals surface area contributed by atoms with Crippen LogP contribution >= 0.6 is 16.8 Å². The van der Waals surface area contributed by atoms with Gasteiger partial charge in [-0.1, -0.05) is 109 Å². The first kappa shape index (κ1) is 41.5. The van der Waals surface area contributed by atoms with Crippen molar-refractivity contribution in [2.45, 2.75) is 170 Å². The Morgan fingerprint density at radius 2 is 0.562 bits per heavy atom. The fourth-order valence-electron chi connectivity index (χ4n) is 13.5. The molecule has 4 aliphatic rings. The summed E-state index contributed by atoms with van der Waals surface area (Å²) in [4.78, 5) is 51.9. The molecule has 282 valence electrons. The van der Waals surface area contributed by atoms with E-state index in [0.29, 0.717) is 71.0 Å². The van der Waals surface area contributed by atoms with Crippen LogP contribution in [0, 0.1) is 94.7 Å². The molecule has 0 aliphatic heterocycles. The fraction of sp³-hybridized carbons (Fsp3) is 1.00. The first-order valence-corrected chi connectivity index (χ1v) is 23.3. The van der Waals surface area contributed by atoms with E-state index in [2.05, 4.69) is 83.1 Å². The second-order valence-corrected chi connectivity index (χ2v) is 22.6. The van der Waals surface area contributed by atoms with Crippen LogP contribution in [0.4, 0.5) is 0 Å². The van der Waals surface area contributed by atoms with Crippen molar-refractivity contribution in [2.75, 3.05) is 0 Å². The lowest BCUT2D eigenvalue weighted by molar-refractivity contribution is -0.0784. The van der Waals surface area contributed by atoms with Crippen LogP contribution in [0.25, 0.3) is 0 Å². The van der Waals surface area contributed by atoms with Gasteiger partial charge >= 0.3 is 0 Å². The second-order valence-electron chi connectivity index (χ2n) is 20.0. The van der Waals surface area contributed by atoms with Gasteiger partial charge < -0.3 is 19.6 Å². The van der Waals surface area contributed by atoms with Gasteiger partial charge in [-0.2, -0.15) is 0 Å². The van der Waals surface area contributed by atoms with E-state index >= 15 is 0 Å². The summed E-state index contributed by atoms with van der Waals surface area (Å²) in [5.74, 6) is 5.30. The molecule has 0 saturated heterocycles. The van der Waals surface area contributed by atoms with Crippen LogP contribution in [-0.2, 0) is 0 Å². The van der Waals surface area contributed by atoms with Gasteiger partial charge in [0.25, 0.3) is 0 Å². The summed E-state index contributed by atoms with van der Waals surface area (Å²) in [5, 5.41) is -1.87. The molecule has 4 saturated carbocycles. The fourth-order valence-corrected chi connectivity index (χ4v) is 17.7. The van der Waals surface area contributed by atoms with Gasteiger partial charge in [0, 0.05) is 0 Å². The molecule has 0 aromatic carbocycles. The monoisotopic (exact) mass is 711 g/mol. The Bertz CT molecular complexity index is 854. The van der Waals surface area contributed by atoms with Crippen LogP contribution in [0.2, 0.25) is 0 Å². The van der Waals surface area contributed by atoms with Gasteiger partial charge in [-0.25, -0.2) is 0 Å². The summed E-state index contributed by atoms with van der Waals surface area (Å²) in [7, 11) is -5.03. The topological polar surface area (TPSA) is 80.9 Å². The minimum atomic E-state index is -2.51. The van der Waals surface area contributed by atoms with Gasteiger partial charge in [0.1, 0.15) is 0 Å². The molecule has 0 aromatic heterocycles. The summed E-state index contributed by atoms with van der Waals surface area (Å²) in [6.07, 6.45) is 13.1. The first-order chi connectivity index (χ1) is 22.4. The highest BCUT2D eigenvalue weighted by Gasteiger charge is 2.75. The van der Waals surface area contributed by atoms with E-state index in [4.69, 9.17) is 0 Å². The molecule has 4 aliphatic carbocycles. The van der Waals surface area contributed by atoms with Crippen LogP contribution in [-0.4, -0.2) is 29.9 Å². The Morgan fingerprint density at radius 3 is 0.708 bits per heavy atom. The normalized spacial score (nSPS) is 41.4. The largest absolute Gasteiger partial charge is 0.350 e. The van der Waals surface area contributed by atoms with Crippen molar-refractivity contribution in [3.63, 3.8) is 0 Å². The van der Waals surface area contributed by atoms with Crippen molar-refractivity contribution in [2.24, 2.45) is 94.7 Å². The van der Waals surface area contributed by atoms with E-state index < -0.39 is 27.1 Å². The molecule has 48 heavy (non-hydrogen) atoms. The highest BCUT2D eigenvalue weighted by molar-refractivity contribution is 7.52. The summed E-state index contributed by atoms with van der Waals surface area (Å²) >= 11 is 0. The third-order valence-corrected chi connectivity index (χ3v) is 19.2. The van der Waals surface area contributed by atoms with E-state index in [1.807, 2.05) is 0 Å². The first-order valence-electron chi connectivity index (χ1n) is 20.8. The zero-order chi connectivity index (χ0) is 35.9. The third kappa shape index (κ3) is 7.54. The minimum absolute atomic E-state index is 0.0679. The standard InChI is InChI=1S/C42H80O4P2/c1-25(2)33-17-13-29(9)21-37(33)41(47(43)44,38-22-30(10)14-18-34(38)26(3)4)42(48(45)46,39-23-31(11)15-19-35(39)27(5)6)40-24-32(12)16-20-36(40)28(7)8/h25-40,43-46H,13-24H2,1-12H3. The molecule has 0 radical (unpaired) electrons.